The first-order chi connectivity index (χ1) is 10.1. The lowest BCUT2D eigenvalue weighted by Crippen LogP contribution is -2.11. The Morgan fingerprint density at radius 2 is 1.90 bits per heavy atom. The van der Waals surface area contributed by atoms with E-state index in [-0.39, 0.29) is 6.61 Å². The Kier molecular flexibility index (Phi) is 4.71. The molecule has 6 heteroatoms. The van der Waals surface area contributed by atoms with Crippen LogP contribution in [-0.2, 0) is 4.74 Å². The van der Waals surface area contributed by atoms with E-state index >= 15 is 0 Å². The number of halogens is 3. The third-order valence-electron chi connectivity index (χ3n) is 2.53. The zero-order chi connectivity index (χ0) is 15.2. The minimum Gasteiger partial charge on any atom is -0.458 e. The number of carbonyl (C=O) groups is 1. The van der Waals surface area contributed by atoms with Crippen LogP contribution < -0.4 is 0 Å². The van der Waals surface area contributed by atoms with E-state index in [0.29, 0.717) is 6.07 Å². The van der Waals surface area contributed by atoms with Gasteiger partial charge >= 0.3 is 5.97 Å². The Labute approximate surface area is 118 Å². The summed E-state index contributed by atoms with van der Waals surface area (Å²) in [6.07, 6.45) is 3.22. The Morgan fingerprint density at radius 3 is 2.62 bits per heavy atom. The minimum atomic E-state index is -1.68. The van der Waals surface area contributed by atoms with Crippen LogP contribution in [0, 0.1) is 17.7 Å². The maximum absolute atomic E-state index is 13.3. The lowest BCUT2D eigenvalue weighted by molar-refractivity contribution is 0.0542. The highest BCUT2D eigenvalue weighted by atomic mass is 19.2. The van der Waals surface area contributed by atoms with Crippen molar-refractivity contribution >= 4 is 12.0 Å². The van der Waals surface area contributed by atoms with E-state index < -0.39 is 29.2 Å². The zero-order valence-electron chi connectivity index (χ0n) is 10.7. The highest BCUT2D eigenvalue weighted by molar-refractivity contribution is 5.89. The van der Waals surface area contributed by atoms with Gasteiger partial charge < -0.3 is 4.74 Å². The summed E-state index contributed by atoms with van der Waals surface area (Å²) in [6, 6.07) is 9.69. The quantitative estimate of drug-likeness (QED) is 0.641. The van der Waals surface area contributed by atoms with Crippen molar-refractivity contribution in [3.63, 3.8) is 0 Å². The summed E-state index contributed by atoms with van der Waals surface area (Å²) in [5.74, 6) is -5.67. The Hall–Kier alpha value is -2.63. The molecule has 1 aromatic heterocycles. The second-order valence-corrected chi connectivity index (χ2v) is 4.01. The molecule has 0 amide bonds. The zero-order valence-corrected chi connectivity index (χ0v) is 10.7. The van der Waals surface area contributed by atoms with E-state index in [2.05, 4.69) is 4.98 Å². The van der Waals surface area contributed by atoms with Crippen molar-refractivity contribution in [2.45, 2.75) is 0 Å². The molecule has 0 N–H and O–H groups in total. The van der Waals surface area contributed by atoms with Gasteiger partial charge in [0.25, 0.3) is 5.95 Å². The number of hydrogen-bond donors (Lipinski definition) is 0. The number of pyridine rings is 1. The summed E-state index contributed by atoms with van der Waals surface area (Å²) in [5.41, 5.74) is 0.0637. The third kappa shape index (κ3) is 3.92. The molecule has 2 aromatic rings. The number of esters is 1. The fraction of sp³-hybridized carbons (Fsp3) is 0.0667. The molecule has 1 heterocycles. The topological polar surface area (TPSA) is 39.2 Å². The normalized spacial score (nSPS) is 10.8. The van der Waals surface area contributed by atoms with E-state index in [9.17, 15) is 18.0 Å². The van der Waals surface area contributed by atoms with Crippen molar-refractivity contribution in [2.75, 3.05) is 6.61 Å². The maximum atomic E-state index is 13.3. The van der Waals surface area contributed by atoms with Gasteiger partial charge in [0.15, 0.2) is 5.82 Å². The van der Waals surface area contributed by atoms with Gasteiger partial charge in [-0.2, -0.15) is 13.8 Å². The molecule has 0 spiro atoms. The SMILES string of the molecule is O=C(OC/C=C/c1ccccc1)c1cc(F)nc(F)c1F. The number of aromatic nitrogens is 1. The molecule has 21 heavy (non-hydrogen) atoms. The first kappa shape index (κ1) is 14.8. The van der Waals surface area contributed by atoms with Crippen LogP contribution in [0.25, 0.3) is 6.08 Å². The summed E-state index contributed by atoms with van der Waals surface area (Å²) < 4.78 is 43.7. The molecule has 0 aliphatic carbocycles. The maximum Gasteiger partial charge on any atom is 0.341 e. The number of nitrogens with zero attached hydrogens (tertiary/aromatic N) is 1. The van der Waals surface area contributed by atoms with Gasteiger partial charge in [-0.15, -0.1) is 0 Å². The molecular weight excluding hydrogens is 283 g/mol. The molecule has 2 rings (SSSR count). The smallest absolute Gasteiger partial charge is 0.341 e. The summed E-state index contributed by atoms with van der Waals surface area (Å²) in [4.78, 5) is 14.1. The van der Waals surface area contributed by atoms with Crippen LogP contribution in [0.2, 0.25) is 0 Å². The van der Waals surface area contributed by atoms with Gasteiger partial charge in [-0.05, 0) is 11.6 Å². The molecule has 0 unspecified atom stereocenters. The van der Waals surface area contributed by atoms with Crippen LogP contribution in [0.3, 0.4) is 0 Å². The predicted octanol–water partition coefficient (Wildman–Crippen LogP) is 3.37. The van der Waals surface area contributed by atoms with Crippen LogP contribution in [-0.4, -0.2) is 17.6 Å². The molecule has 0 fully saturated rings. The summed E-state index contributed by atoms with van der Waals surface area (Å²) in [5, 5.41) is 0. The van der Waals surface area contributed by atoms with Gasteiger partial charge in [0.05, 0.1) is 0 Å². The second-order valence-electron chi connectivity index (χ2n) is 4.01. The number of hydrogen-bond acceptors (Lipinski definition) is 3. The van der Waals surface area contributed by atoms with E-state index in [1.807, 2.05) is 30.3 Å². The van der Waals surface area contributed by atoms with Crippen molar-refractivity contribution in [3.8, 4) is 0 Å². The number of carbonyl (C=O) groups excluding carboxylic acids is 1. The van der Waals surface area contributed by atoms with Crippen molar-refractivity contribution in [1.82, 2.24) is 4.98 Å². The Bertz CT molecular complexity index is 672. The van der Waals surface area contributed by atoms with Crippen molar-refractivity contribution < 1.29 is 22.7 Å². The highest BCUT2D eigenvalue weighted by Crippen LogP contribution is 2.12. The predicted molar refractivity (Wildman–Crippen MR) is 69.9 cm³/mol. The first-order valence-corrected chi connectivity index (χ1v) is 5.98. The summed E-state index contributed by atoms with van der Waals surface area (Å²) in [7, 11) is 0. The monoisotopic (exact) mass is 293 g/mol. The van der Waals surface area contributed by atoms with Crippen LogP contribution >= 0.6 is 0 Å². The summed E-state index contributed by atoms with van der Waals surface area (Å²) in [6.45, 7) is -0.154. The molecule has 0 saturated heterocycles. The Balaban J connectivity index is 1.98. The molecule has 0 atom stereocenters. The molecule has 0 saturated carbocycles. The van der Waals surface area contributed by atoms with E-state index in [1.165, 1.54) is 6.08 Å². The van der Waals surface area contributed by atoms with Gasteiger partial charge in [0.1, 0.15) is 12.2 Å². The van der Waals surface area contributed by atoms with Crippen molar-refractivity contribution in [1.29, 1.82) is 0 Å². The molecule has 0 bridgehead atoms. The second kappa shape index (κ2) is 6.69. The van der Waals surface area contributed by atoms with Crippen LogP contribution in [0.1, 0.15) is 15.9 Å². The molecular formula is C15H10F3NO2. The van der Waals surface area contributed by atoms with Gasteiger partial charge in [-0.25, -0.2) is 9.18 Å². The van der Waals surface area contributed by atoms with E-state index in [0.717, 1.165) is 5.56 Å². The summed E-state index contributed by atoms with van der Waals surface area (Å²) >= 11 is 0. The average Bonchev–Trinajstić information content (AvgIpc) is 2.48. The molecule has 0 aliphatic rings. The van der Waals surface area contributed by atoms with Crippen molar-refractivity contribution in [3.05, 3.63) is 71.3 Å². The standard InChI is InChI=1S/C15H10F3NO2/c16-12-9-11(13(17)14(18)19-12)15(20)21-8-4-7-10-5-2-1-3-6-10/h1-7,9H,8H2/b7-4+. The molecule has 0 radical (unpaired) electrons. The third-order valence-corrected chi connectivity index (χ3v) is 2.53. The number of rotatable bonds is 4. The van der Waals surface area contributed by atoms with E-state index in [4.69, 9.17) is 4.74 Å². The average molecular weight is 293 g/mol. The fourth-order valence-corrected chi connectivity index (χ4v) is 1.57. The molecule has 0 aliphatic heterocycles. The number of benzene rings is 1. The largest absolute Gasteiger partial charge is 0.458 e. The first-order valence-electron chi connectivity index (χ1n) is 5.98. The minimum absolute atomic E-state index is 0.154. The van der Waals surface area contributed by atoms with Crippen LogP contribution in [0.4, 0.5) is 13.2 Å². The molecule has 108 valence electrons. The fourth-order valence-electron chi connectivity index (χ4n) is 1.57. The van der Waals surface area contributed by atoms with E-state index in [1.54, 1.807) is 6.08 Å². The van der Waals surface area contributed by atoms with Crippen LogP contribution in [0.5, 0.6) is 0 Å². The van der Waals surface area contributed by atoms with Gasteiger partial charge in [0, 0.05) is 6.07 Å². The Morgan fingerprint density at radius 1 is 1.19 bits per heavy atom. The molecule has 1 aromatic carbocycles. The van der Waals surface area contributed by atoms with Gasteiger partial charge in [-0.1, -0.05) is 36.4 Å². The molecule has 3 nitrogen and oxygen atoms in total. The highest BCUT2D eigenvalue weighted by Gasteiger charge is 2.19. The van der Waals surface area contributed by atoms with Gasteiger partial charge in [-0.3, -0.25) is 0 Å². The van der Waals surface area contributed by atoms with Gasteiger partial charge in [0.2, 0.25) is 5.95 Å². The van der Waals surface area contributed by atoms with Crippen LogP contribution in [0.15, 0.2) is 42.5 Å². The lowest BCUT2D eigenvalue weighted by atomic mass is 10.2. The van der Waals surface area contributed by atoms with Crippen molar-refractivity contribution in [2.24, 2.45) is 0 Å². The lowest BCUT2D eigenvalue weighted by Gasteiger charge is -2.03. The number of ether oxygens (including phenoxy) is 1.